The van der Waals surface area contributed by atoms with Gasteiger partial charge in [-0.2, -0.15) is 10.2 Å². The highest BCUT2D eigenvalue weighted by molar-refractivity contribution is 5.82. The highest BCUT2D eigenvalue weighted by Gasteiger charge is 2.01. The summed E-state index contributed by atoms with van der Waals surface area (Å²) in [5.41, 5.74) is 3.82. The van der Waals surface area contributed by atoms with Gasteiger partial charge in [-0.15, -0.1) is 0 Å². The highest BCUT2D eigenvalue weighted by Crippen LogP contribution is 2.12. The number of hydrogen-bond acceptors (Lipinski definition) is 2. The topological polar surface area (TPSA) is 24.7 Å². The summed E-state index contributed by atoms with van der Waals surface area (Å²) in [5.74, 6) is -0.239. The van der Waals surface area contributed by atoms with Crippen LogP contribution in [-0.4, -0.2) is 12.4 Å². The summed E-state index contributed by atoms with van der Waals surface area (Å²) >= 11 is 0. The van der Waals surface area contributed by atoms with Crippen LogP contribution >= 0.6 is 0 Å². The number of unbranched alkanes of at least 4 members (excludes halogenated alkanes) is 2. The second kappa shape index (κ2) is 10.5. The molecule has 0 aliphatic rings. The molecule has 2 nitrogen and oxygen atoms in total. The third-order valence-electron chi connectivity index (χ3n) is 4.12. The lowest BCUT2D eigenvalue weighted by molar-refractivity contribution is 0.621. The van der Waals surface area contributed by atoms with Gasteiger partial charge in [-0.3, -0.25) is 0 Å². The lowest BCUT2D eigenvalue weighted by Crippen LogP contribution is -1.92. The number of halogens is 1. The minimum absolute atomic E-state index is 0.239. The molecule has 0 saturated heterocycles. The van der Waals surface area contributed by atoms with Crippen LogP contribution in [0.4, 0.5) is 4.39 Å². The van der Waals surface area contributed by atoms with E-state index in [1.165, 1.54) is 24.6 Å². The number of aryl methyl sites for hydroxylation is 2. The number of nitrogens with zero attached hydrogens (tertiary/aromatic N) is 2. The van der Waals surface area contributed by atoms with Crippen LogP contribution in [0.2, 0.25) is 0 Å². The number of rotatable bonds is 9. The molecular weight excluding hydrogens is 311 g/mol. The molecule has 0 aliphatic heterocycles. The van der Waals surface area contributed by atoms with Crippen molar-refractivity contribution >= 4 is 12.4 Å². The minimum Gasteiger partial charge on any atom is -0.206 e. The van der Waals surface area contributed by atoms with Gasteiger partial charge in [-0.05, 0) is 42.0 Å². The van der Waals surface area contributed by atoms with Crippen LogP contribution in [0.3, 0.4) is 0 Å². The van der Waals surface area contributed by atoms with Gasteiger partial charge in [0, 0.05) is 5.56 Å². The van der Waals surface area contributed by atoms with E-state index in [2.05, 4.69) is 36.2 Å². The zero-order valence-corrected chi connectivity index (χ0v) is 15.2. The van der Waals surface area contributed by atoms with Crippen LogP contribution in [0, 0.1) is 5.82 Å². The molecule has 2 rings (SSSR count). The quantitative estimate of drug-likeness (QED) is 0.306. The molecule has 0 fully saturated rings. The molecule has 3 heteroatoms. The molecule has 0 amide bonds. The predicted molar refractivity (Wildman–Crippen MR) is 105 cm³/mol. The molecule has 132 valence electrons. The molecular formula is C22H27FN2. The van der Waals surface area contributed by atoms with E-state index in [-0.39, 0.29) is 5.82 Å². The summed E-state index contributed by atoms with van der Waals surface area (Å²) in [6.45, 7) is 4.33. The maximum absolute atomic E-state index is 14.1. The van der Waals surface area contributed by atoms with Crippen LogP contribution in [0.15, 0.2) is 52.7 Å². The second-order valence-electron chi connectivity index (χ2n) is 6.29. The summed E-state index contributed by atoms with van der Waals surface area (Å²) in [7, 11) is 0. The Morgan fingerprint density at radius 1 is 0.800 bits per heavy atom. The summed E-state index contributed by atoms with van der Waals surface area (Å²) in [6, 6.07) is 13.6. The highest BCUT2D eigenvalue weighted by atomic mass is 19.1. The Kier molecular flexibility index (Phi) is 8.03. The maximum atomic E-state index is 14.1. The fourth-order valence-corrected chi connectivity index (χ4v) is 2.66. The third kappa shape index (κ3) is 6.61. The Balaban J connectivity index is 1.92. The van der Waals surface area contributed by atoms with Crippen LogP contribution in [0.1, 0.15) is 61.8 Å². The predicted octanol–water partition coefficient (Wildman–Crippen LogP) is 5.96. The Hall–Kier alpha value is -2.29. The van der Waals surface area contributed by atoms with E-state index in [4.69, 9.17) is 0 Å². The van der Waals surface area contributed by atoms with Crippen LogP contribution < -0.4 is 0 Å². The molecule has 0 spiro atoms. The molecule has 0 aliphatic carbocycles. The first-order chi connectivity index (χ1) is 12.2. The monoisotopic (exact) mass is 338 g/mol. The Bertz CT molecular complexity index is 702. The summed E-state index contributed by atoms with van der Waals surface area (Å²) in [5, 5.41) is 7.98. The van der Waals surface area contributed by atoms with Gasteiger partial charge in [0.2, 0.25) is 0 Å². The van der Waals surface area contributed by atoms with Crippen molar-refractivity contribution in [1.82, 2.24) is 0 Å². The van der Waals surface area contributed by atoms with E-state index in [0.717, 1.165) is 36.8 Å². The Labute approximate surface area is 150 Å². The van der Waals surface area contributed by atoms with Crippen molar-refractivity contribution in [3.05, 3.63) is 70.5 Å². The average Bonchev–Trinajstić information content (AvgIpc) is 2.62. The molecule has 0 unspecified atom stereocenters. The molecule has 2 aromatic carbocycles. The minimum atomic E-state index is -0.239. The van der Waals surface area contributed by atoms with Crippen molar-refractivity contribution in [2.45, 2.75) is 52.4 Å². The lowest BCUT2D eigenvalue weighted by atomic mass is 10.1. The zero-order valence-electron chi connectivity index (χ0n) is 15.2. The van der Waals surface area contributed by atoms with Crippen LogP contribution in [0.5, 0.6) is 0 Å². The first-order valence-electron chi connectivity index (χ1n) is 9.16. The molecule has 0 aromatic heterocycles. The average molecular weight is 338 g/mol. The summed E-state index contributed by atoms with van der Waals surface area (Å²) < 4.78 is 14.1. The zero-order chi connectivity index (χ0) is 17.9. The van der Waals surface area contributed by atoms with Gasteiger partial charge in [0.05, 0.1) is 12.4 Å². The number of hydrogen-bond donors (Lipinski definition) is 0. The van der Waals surface area contributed by atoms with Gasteiger partial charge in [0.15, 0.2) is 0 Å². The van der Waals surface area contributed by atoms with Crippen molar-refractivity contribution in [2.75, 3.05) is 0 Å². The smallest absolute Gasteiger partial charge is 0.132 e. The normalized spacial score (nSPS) is 11.6. The second-order valence-corrected chi connectivity index (χ2v) is 6.29. The van der Waals surface area contributed by atoms with Gasteiger partial charge >= 0.3 is 0 Å². The van der Waals surface area contributed by atoms with Gasteiger partial charge < -0.3 is 0 Å². The SMILES string of the molecule is CCCCCc1ccc(/C=N/N=C/c2ccc(CCC)cc2)c(F)c1. The van der Waals surface area contributed by atoms with Gasteiger partial charge in [0.1, 0.15) is 5.82 Å². The molecule has 2 aromatic rings. The molecule has 0 saturated carbocycles. The fourth-order valence-electron chi connectivity index (χ4n) is 2.66. The third-order valence-corrected chi connectivity index (χ3v) is 4.12. The van der Waals surface area contributed by atoms with Crippen molar-refractivity contribution in [1.29, 1.82) is 0 Å². The van der Waals surface area contributed by atoms with Crippen molar-refractivity contribution in [3.63, 3.8) is 0 Å². The molecule has 0 radical (unpaired) electrons. The van der Waals surface area contributed by atoms with E-state index >= 15 is 0 Å². The van der Waals surface area contributed by atoms with Crippen molar-refractivity contribution in [2.24, 2.45) is 10.2 Å². The molecule has 0 bridgehead atoms. The largest absolute Gasteiger partial charge is 0.206 e. The van der Waals surface area contributed by atoms with Gasteiger partial charge in [0.25, 0.3) is 0 Å². The summed E-state index contributed by atoms with van der Waals surface area (Å²) in [6.07, 6.45) is 9.75. The van der Waals surface area contributed by atoms with Gasteiger partial charge in [-0.25, -0.2) is 4.39 Å². The fraction of sp³-hybridized carbons (Fsp3) is 0.364. The van der Waals surface area contributed by atoms with E-state index in [0.29, 0.717) is 5.56 Å². The molecule has 25 heavy (non-hydrogen) atoms. The van der Waals surface area contributed by atoms with E-state index in [9.17, 15) is 4.39 Å². The Morgan fingerprint density at radius 3 is 2.20 bits per heavy atom. The summed E-state index contributed by atoms with van der Waals surface area (Å²) in [4.78, 5) is 0. The first-order valence-corrected chi connectivity index (χ1v) is 9.16. The molecule has 0 heterocycles. The molecule has 0 N–H and O–H groups in total. The van der Waals surface area contributed by atoms with E-state index in [1.807, 2.05) is 18.2 Å². The standard InChI is InChI=1S/C22H27FN2/c1-3-5-6-8-19-13-14-21(22(23)15-19)17-25-24-16-20-11-9-18(7-4-2)10-12-20/h9-17H,3-8H2,1-2H3/b24-16+,25-17+. The van der Waals surface area contributed by atoms with Gasteiger partial charge in [-0.1, -0.05) is 69.5 Å². The van der Waals surface area contributed by atoms with Crippen molar-refractivity contribution < 1.29 is 4.39 Å². The van der Waals surface area contributed by atoms with Crippen LogP contribution in [-0.2, 0) is 12.8 Å². The van der Waals surface area contributed by atoms with E-state index < -0.39 is 0 Å². The maximum Gasteiger partial charge on any atom is 0.132 e. The molecule has 0 atom stereocenters. The van der Waals surface area contributed by atoms with Crippen molar-refractivity contribution in [3.8, 4) is 0 Å². The Morgan fingerprint density at radius 2 is 1.52 bits per heavy atom. The lowest BCUT2D eigenvalue weighted by Gasteiger charge is -2.02. The number of benzene rings is 2. The van der Waals surface area contributed by atoms with E-state index in [1.54, 1.807) is 18.3 Å². The van der Waals surface area contributed by atoms with Crippen LogP contribution in [0.25, 0.3) is 0 Å². The first kappa shape index (κ1) is 19.0.